The predicted molar refractivity (Wildman–Crippen MR) is 147 cm³/mol. The van der Waals surface area contributed by atoms with E-state index in [9.17, 15) is 14.0 Å². The van der Waals surface area contributed by atoms with E-state index in [0.717, 1.165) is 31.4 Å². The molecule has 37 heavy (non-hydrogen) atoms. The van der Waals surface area contributed by atoms with Gasteiger partial charge in [-0.3, -0.25) is 14.2 Å². The number of fused-ring (bicyclic) bond motifs is 2. The van der Waals surface area contributed by atoms with E-state index in [-0.39, 0.29) is 47.1 Å². The number of nitrogens with zero attached hydrogens (tertiary/aromatic N) is 5. The van der Waals surface area contributed by atoms with Gasteiger partial charge in [0.25, 0.3) is 11.1 Å². The number of imidazole rings is 1. The molecule has 1 fully saturated rings. The van der Waals surface area contributed by atoms with Crippen LogP contribution in [0.3, 0.4) is 0 Å². The number of piperidine rings is 1. The maximum atomic E-state index is 14.5. The molecule has 1 atom stereocenters. The second kappa shape index (κ2) is 10.2. The summed E-state index contributed by atoms with van der Waals surface area (Å²) in [5, 5.41) is 1.15. The Balaban J connectivity index is 1.77. The first-order valence-corrected chi connectivity index (χ1v) is 12.6. The van der Waals surface area contributed by atoms with Gasteiger partial charge in [0, 0.05) is 30.7 Å². The number of anilines is 1. The Bertz CT molecular complexity index is 1630. The second-order valence-corrected chi connectivity index (χ2v) is 9.41. The van der Waals surface area contributed by atoms with Gasteiger partial charge in [0.2, 0.25) is 5.95 Å². The Morgan fingerprint density at radius 2 is 1.92 bits per heavy atom. The smallest absolute Gasteiger partial charge is 0.293 e. The summed E-state index contributed by atoms with van der Waals surface area (Å²) < 4.78 is 19.0. The molecule has 0 spiro atoms. The second-order valence-electron chi connectivity index (χ2n) is 9.41. The quantitative estimate of drug-likeness (QED) is 0.389. The van der Waals surface area contributed by atoms with Crippen LogP contribution < -0.4 is 21.8 Å². The minimum absolute atomic E-state index is 0.00185. The van der Waals surface area contributed by atoms with Crippen molar-refractivity contribution < 1.29 is 4.39 Å². The van der Waals surface area contributed by atoms with Crippen LogP contribution in [0.2, 0.25) is 0 Å². The average Bonchev–Trinajstić information content (AvgIpc) is 3.29. The topological polar surface area (TPSA) is 91.1 Å². The van der Waals surface area contributed by atoms with Gasteiger partial charge >= 0.3 is 0 Å². The van der Waals surface area contributed by atoms with Crippen molar-refractivity contribution in [2.75, 3.05) is 18.0 Å². The highest BCUT2D eigenvalue weighted by Gasteiger charge is 2.26. The lowest BCUT2D eigenvalue weighted by molar-refractivity contribution is 0.477. The van der Waals surface area contributed by atoms with Gasteiger partial charge in [-0.05, 0) is 36.3 Å². The number of hydrogen-bond acceptors (Lipinski definition) is 5. The van der Waals surface area contributed by atoms with Crippen molar-refractivity contribution in [2.24, 2.45) is 5.73 Å². The van der Waals surface area contributed by atoms with E-state index in [2.05, 4.69) is 11.6 Å². The standard InChI is InChI=1S/C28H31FN6O2/c1-3-5-16-33-25-24(31-28(33)32-15-8-9-20(30)18-32)26(36)34(14-4-2)35(27(25)37)17-19-12-13-23(29)22-11-7-6-10-21(19)22/h4-7,10-13,16,20H,2-3,8-9,14-15,17-18,30H2,1H3. The fourth-order valence-corrected chi connectivity index (χ4v) is 5.09. The van der Waals surface area contributed by atoms with Crippen molar-refractivity contribution >= 4 is 34.0 Å². The van der Waals surface area contributed by atoms with E-state index < -0.39 is 0 Å². The number of aromatic nitrogens is 4. The van der Waals surface area contributed by atoms with Crippen molar-refractivity contribution in [2.45, 2.75) is 45.3 Å². The summed E-state index contributed by atoms with van der Waals surface area (Å²) in [5.41, 5.74) is 6.55. The van der Waals surface area contributed by atoms with Crippen molar-refractivity contribution in [3.8, 4) is 0 Å². The van der Waals surface area contributed by atoms with Crippen LogP contribution in [-0.4, -0.2) is 38.0 Å². The summed E-state index contributed by atoms with van der Waals surface area (Å²) in [6.45, 7) is 7.34. The minimum atomic E-state index is -0.382. The summed E-state index contributed by atoms with van der Waals surface area (Å²) in [7, 11) is 0. The molecule has 0 saturated carbocycles. The number of allylic oxidation sites excluding steroid dienone is 2. The summed E-state index contributed by atoms with van der Waals surface area (Å²) in [5.74, 6) is 0.206. The van der Waals surface area contributed by atoms with Gasteiger partial charge in [-0.1, -0.05) is 49.4 Å². The van der Waals surface area contributed by atoms with E-state index in [1.165, 1.54) is 15.4 Å². The van der Waals surface area contributed by atoms with Gasteiger partial charge in [-0.2, -0.15) is 0 Å². The minimum Gasteiger partial charge on any atom is -0.340 e. The van der Waals surface area contributed by atoms with Crippen molar-refractivity contribution in [3.63, 3.8) is 0 Å². The summed E-state index contributed by atoms with van der Waals surface area (Å²) in [4.78, 5) is 34.6. The van der Waals surface area contributed by atoms with E-state index in [1.807, 2.05) is 30.0 Å². The highest BCUT2D eigenvalue weighted by molar-refractivity contribution is 5.86. The number of rotatable bonds is 7. The number of halogens is 1. The monoisotopic (exact) mass is 502 g/mol. The first-order valence-electron chi connectivity index (χ1n) is 12.6. The zero-order chi connectivity index (χ0) is 26.1. The molecule has 1 aliphatic rings. The maximum Gasteiger partial charge on any atom is 0.293 e. The van der Waals surface area contributed by atoms with E-state index in [4.69, 9.17) is 5.73 Å². The van der Waals surface area contributed by atoms with Crippen LogP contribution in [0.15, 0.2) is 64.7 Å². The van der Waals surface area contributed by atoms with Gasteiger partial charge in [0.1, 0.15) is 11.3 Å². The van der Waals surface area contributed by atoms with Crippen LogP contribution in [0.1, 0.15) is 31.7 Å². The van der Waals surface area contributed by atoms with Crippen LogP contribution in [-0.2, 0) is 13.1 Å². The third-order valence-electron chi connectivity index (χ3n) is 6.87. The van der Waals surface area contributed by atoms with Crippen molar-refractivity contribution in [3.05, 3.63) is 87.2 Å². The highest BCUT2D eigenvalue weighted by Crippen LogP contribution is 2.25. The van der Waals surface area contributed by atoms with Gasteiger partial charge in [-0.25, -0.2) is 18.7 Å². The molecular formula is C28H31FN6O2. The molecule has 0 bridgehead atoms. The van der Waals surface area contributed by atoms with E-state index in [0.29, 0.717) is 23.3 Å². The first-order chi connectivity index (χ1) is 17.9. The van der Waals surface area contributed by atoms with Gasteiger partial charge in [-0.15, -0.1) is 6.58 Å². The van der Waals surface area contributed by atoms with Crippen molar-refractivity contribution in [1.82, 2.24) is 18.9 Å². The number of nitrogens with two attached hydrogens (primary N) is 1. The lowest BCUT2D eigenvalue weighted by Crippen LogP contribution is -2.43. The van der Waals surface area contributed by atoms with Gasteiger partial charge in [0.05, 0.1) is 13.1 Å². The molecule has 5 rings (SSSR count). The SMILES string of the molecule is C=CCn1c(=O)c2nc(N3CCCC(N)C3)n(C=CCC)c2c(=O)n1Cc1ccc(F)c2ccccc12. The first kappa shape index (κ1) is 24.7. The average molecular weight is 503 g/mol. The van der Waals surface area contributed by atoms with E-state index >= 15 is 0 Å². The molecule has 192 valence electrons. The molecule has 0 amide bonds. The van der Waals surface area contributed by atoms with Crippen LogP contribution in [0.5, 0.6) is 0 Å². The molecule has 9 heteroatoms. The Hall–Kier alpha value is -3.98. The normalized spacial score (nSPS) is 16.3. The van der Waals surface area contributed by atoms with Crippen LogP contribution >= 0.6 is 0 Å². The predicted octanol–water partition coefficient (Wildman–Crippen LogP) is 3.69. The number of hydrogen-bond donors (Lipinski definition) is 1. The lowest BCUT2D eigenvalue weighted by atomic mass is 10.0. The summed E-state index contributed by atoms with van der Waals surface area (Å²) in [6.07, 6.45) is 7.89. The Kier molecular flexibility index (Phi) is 6.80. The lowest BCUT2D eigenvalue weighted by Gasteiger charge is -2.31. The molecule has 0 radical (unpaired) electrons. The molecule has 3 heterocycles. The molecule has 1 unspecified atom stereocenters. The zero-order valence-corrected chi connectivity index (χ0v) is 20.9. The third kappa shape index (κ3) is 4.40. The third-order valence-corrected chi connectivity index (χ3v) is 6.87. The molecule has 4 aromatic rings. The Morgan fingerprint density at radius 3 is 2.65 bits per heavy atom. The van der Waals surface area contributed by atoms with Crippen LogP contribution in [0, 0.1) is 5.82 Å². The van der Waals surface area contributed by atoms with Crippen LogP contribution in [0.4, 0.5) is 10.3 Å². The summed E-state index contributed by atoms with van der Waals surface area (Å²) in [6, 6.07) is 10.2. The largest absolute Gasteiger partial charge is 0.340 e. The molecule has 1 saturated heterocycles. The molecule has 2 N–H and O–H groups in total. The number of benzene rings is 2. The fraction of sp³-hybridized carbons (Fsp3) is 0.321. The van der Waals surface area contributed by atoms with Gasteiger partial charge in [0.15, 0.2) is 5.52 Å². The molecule has 8 nitrogen and oxygen atoms in total. The zero-order valence-electron chi connectivity index (χ0n) is 20.9. The van der Waals surface area contributed by atoms with Crippen LogP contribution in [0.25, 0.3) is 28.0 Å². The maximum absolute atomic E-state index is 14.5. The Labute approximate surface area is 213 Å². The van der Waals surface area contributed by atoms with Gasteiger partial charge < -0.3 is 10.6 Å². The molecular weight excluding hydrogens is 471 g/mol. The molecule has 0 aliphatic carbocycles. The van der Waals surface area contributed by atoms with Crippen molar-refractivity contribution in [1.29, 1.82) is 0 Å². The molecule has 2 aromatic carbocycles. The molecule has 1 aliphatic heterocycles. The highest BCUT2D eigenvalue weighted by atomic mass is 19.1. The fourth-order valence-electron chi connectivity index (χ4n) is 5.09. The van der Waals surface area contributed by atoms with E-state index in [1.54, 1.807) is 35.0 Å². The molecule has 2 aromatic heterocycles. The summed E-state index contributed by atoms with van der Waals surface area (Å²) >= 11 is 0. The Morgan fingerprint density at radius 1 is 1.14 bits per heavy atom.